The van der Waals surface area contributed by atoms with Crippen LogP contribution in [0.2, 0.25) is 0 Å². The second kappa shape index (κ2) is 3.60. The fourth-order valence-corrected chi connectivity index (χ4v) is 1.40. The molecule has 70 valence electrons. The van der Waals surface area contributed by atoms with E-state index in [-0.39, 0.29) is 0 Å². The molecule has 1 N–H and O–H groups in total. The van der Waals surface area contributed by atoms with Gasteiger partial charge in [0, 0.05) is 5.56 Å². The van der Waals surface area contributed by atoms with Crippen molar-refractivity contribution in [2.45, 2.75) is 27.7 Å². The molecule has 0 bridgehead atoms. The van der Waals surface area contributed by atoms with Gasteiger partial charge in [0.05, 0.1) is 5.71 Å². The van der Waals surface area contributed by atoms with Crippen LogP contribution in [0.5, 0.6) is 0 Å². The first-order chi connectivity index (χ1) is 6.06. The molecule has 2 heteroatoms. The van der Waals surface area contributed by atoms with E-state index in [0.717, 1.165) is 11.1 Å². The summed E-state index contributed by atoms with van der Waals surface area (Å²) in [6.45, 7) is 7.97. The quantitative estimate of drug-likeness (QED) is 0.399. The van der Waals surface area contributed by atoms with E-state index in [9.17, 15) is 0 Å². The van der Waals surface area contributed by atoms with Gasteiger partial charge < -0.3 is 5.21 Å². The van der Waals surface area contributed by atoms with Crippen LogP contribution < -0.4 is 0 Å². The zero-order chi connectivity index (χ0) is 10.0. The minimum absolute atomic E-state index is 0.667. The Labute approximate surface area is 78.9 Å². The van der Waals surface area contributed by atoms with E-state index < -0.39 is 0 Å². The zero-order valence-corrected chi connectivity index (χ0v) is 8.55. The molecule has 0 fully saturated rings. The van der Waals surface area contributed by atoms with E-state index >= 15 is 0 Å². The lowest BCUT2D eigenvalue weighted by atomic mass is 9.98. The van der Waals surface area contributed by atoms with Crippen LogP contribution in [0.1, 0.15) is 29.2 Å². The van der Waals surface area contributed by atoms with Gasteiger partial charge in [-0.2, -0.15) is 0 Å². The Morgan fingerprint density at radius 1 is 1.08 bits per heavy atom. The lowest BCUT2D eigenvalue weighted by Crippen LogP contribution is -1.99. The SMILES string of the molecule is CC(=NO)c1cc(C)c(C)cc1C. The molecule has 1 aromatic rings. The Morgan fingerprint density at radius 3 is 2.15 bits per heavy atom. The van der Waals surface area contributed by atoms with Crippen LogP contribution in [0.3, 0.4) is 0 Å². The summed E-state index contributed by atoms with van der Waals surface area (Å²) >= 11 is 0. The van der Waals surface area contributed by atoms with Crippen molar-refractivity contribution < 1.29 is 5.21 Å². The average Bonchev–Trinajstić information content (AvgIpc) is 2.10. The highest BCUT2D eigenvalue weighted by atomic mass is 16.4. The molecule has 0 aromatic heterocycles. The highest BCUT2D eigenvalue weighted by Gasteiger charge is 2.04. The second-order valence-electron chi connectivity index (χ2n) is 3.44. The highest BCUT2D eigenvalue weighted by Crippen LogP contribution is 2.15. The van der Waals surface area contributed by atoms with E-state index in [1.165, 1.54) is 11.1 Å². The minimum Gasteiger partial charge on any atom is -0.411 e. The maximum atomic E-state index is 8.66. The predicted octanol–water partition coefficient (Wildman–Crippen LogP) is 2.81. The first-order valence-electron chi connectivity index (χ1n) is 4.33. The Bertz CT molecular complexity index is 353. The highest BCUT2D eigenvalue weighted by molar-refractivity contribution is 5.99. The number of rotatable bonds is 1. The maximum Gasteiger partial charge on any atom is 0.0839 e. The van der Waals surface area contributed by atoms with Gasteiger partial charge in [-0.05, 0) is 50.5 Å². The van der Waals surface area contributed by atoms with Crippen molar-refractivity contribution >= 4 is 5.71 Å². The average molecular weight is 177 g/mol. The smallest absolute Gasteiger partial charge is 0.0839 e. The van der Waals surface area contributed by atoms with E-state index in [1.54, 1.807) is 6.92 Å². The van der Waals surface area contributed by atoms with Gasteiger partial charge >= 0.3 is 0 Å². The topological polar surface area (TPSA) is 32.6 Å². The fraction of sp³-hybridized carbons (Fsp3) is 0.364. The van der Waals surface area contributed by atoms with Crippen LogP contribution in [0.15, 0.2) is 17.3 Å². The third-order valence-corrected chi connectivity index (χ3v) is 2.38. The molecule has 0 radical (unpaired) electrons. The van der Waals surface area contributed by atoms with Crippen LogP contribution >= 0.6 is 0 Å². The lowest BCUT2D eigenvalue weighted by Gasteiger charge is -2.07. The van der Waals surface area contributed by atoms with Crippen molar-refractivity contribution in [3.63, 3.8) is 0 Å². The van der Waals surface area contributed by atoms with Crippen molar-refractivity contribution in [3.05, 3.63) is 34.4 Å². The standard InChI is InChI=1S/C11H15NO/c1-7-5-9(3)11(6-8(7)2)10(4)12-13/h5-6,13H,1-4H3. The number of hydrogen-bond donors (Lipinski definition) is 1. The number of nitrogens with zero attached hydrogens (tertiary/aromatic N) is 1. The van der Waals surface area contributed by atoms with Crippen molar-refractivity contribution in [2.24, 2.45) is 5.16 Å². The van der Waals surface area contributed by atoms with Gasteiger partial charge in [0.25, 0.3) is 0 Å². The fourth-order valence-electron chi connectivity index (χ4n) is 1.40. The molecule has 0 atom stereocenters. The van der Waals surface area contributed by atoms with Gasteiger partial charge in [-0.15, -0.1) is 0 Å². The molecule has 0 amide bonds. The number of hydrogen-bond acceptors (Lipinski definition) is 2. The van der Waals surface area contributed by atoms with Gasteiger partial charge in [0.15, 0.2) is 0 Å². The number of oxime groups is 1. The van der Waals surface area contributed by atoms with Crippen molar-refractivity contribution in [3.8, 4) is 0 Å². The Hall–Kier alpha value is -1.31. The third-order valence-electron chi connectivity index (χ3n) is 2.38. The maximum absolute atomic E-state index is 8.66. The van der Waals surface area contributed by atoms with Crippen molar-refractivity contribution in [1.82, 2.24) is 0 Å². The van der Waals surface area contributed by atoms with Crippen molar-refractivity contribution in [1.29, 1.82) is 0 Å². The van der Waals surface area contributed by atoms with E-state index in [2.05, 4.69) is 31.1 Å². The molecule has 0 aliphatic carbocycles. The van der Waals surface area contributed by atoms with Gasteiger partial charge in [-0.3, -0.25) is 0 Å². The molecule has 0 aliphatic rings. The Balaban J connectivity index is 3.32. The van der Waals surface area contributed by atoms with Gasteiger partial charge in [-0.1, -0.05) is 11.2 Å². The second-order valence-corrected chi connectivity index (χ2v) is 3.44. The van der Waals surface area contributed by atoms with Crippen LogP contribution in [-0.2, 0) is 0 Å². The van der Waals surface area contributed by atoms with Crippen LogP contribution in [0, 0.1) is 20.8 Å². The molecule has 0 heterocycles. The summed E-state index contributed by atoms with van der Waals surface area (Å²) in [7, 11) is 0. The largest absolute Gasteiger partial charge is 0.411 e. The predicted molar refractivity (Wildman–Crippen MR) is 54.7 cm³/mol. The van der Waals surface area contributed by atoms with Crippen LogP contribution in [0.4, 0.5) is 0 Å². The molecule has 0 saturated heterocycles. The molecule has 1 rings (SSSR count). The van der Waals surface area contributed by atoms with Gasteiger partial charge in [0.1, 0.15) is 0 Å². The first-order valence-corrected chi connectivity index (χ1v) is 4.33. The summed E-state index contributed by atoms with van der Waals surface area (Å²) < 4.78 is 0. The molecule has 0 spiro atoms. The molecule has 0 unspecified atom stereocenters. The summed E-state index contributed by atoms with van der Waals surface area (Å²) in [5, 5.41) is 11.9. The first kappa shape index (κ1) is 9.78. The Kier molecular flexibility index (Phi) is 2.71. The van der Waals surface area contributed by atoms with Crippen LogP contribution in [-0.4, -0.2) is 10.9 Å². The Morgan fingerprint density at radius 2 is 1.62 bits per heavy atom. The van der Waals surface area contributed by atoms with Gasteiger partial charge in [0.2, 0.25) is 0 Å². The molecular weight excluding hydrogens is 162 g/mol. The normalized spacial score (nSPS) is 11.8. The monoisotopic (exact) mass is 177 g/mol. The van der Waals surface area contributed by atoms with Crippen molar-refractivity contribution in [2.75, 3.05) is 0 Å². The molecule has 0 saturated carbocycles. The summed E-state index contributed by atoms with van der Waals surface area (Å²) in [5.41, 5.74) is 5.33. The summed E-state index contributed by atoms with van der Waals surface area (Å²) in [6.07, 6.45) is 0. The van der Waals surface area contributed by atoms with E-state index in [0.29, 0.717) is 5.71 Å². The molecule has 1 aromatic carbocycles. The van der Waals surface area contributed by atoms with Crippen LogP contribution in [0.25, 0.3) is 0 Å². The summed E-state index contributed by atoms with van der Waals surface area (Å²) in [6, 6.07) is 4.17. The minimum atomic E-state index is 0.667. The molecule has 0 aliphatic heterocycles. The molecule has 13 heavy (non-hydrogen) atoms. The van der Waals surface area contributed by atoms with E-state index in [1.807, 2.05) is 6.92 Å². The summed E-state index contributed by atoms with van der Waals surface area (Å²) in [5.74, 6) is 0. The molecular formula is C11H15NO. The molecule has 2 nitrogen and oxygen atoms in total. The third kappa shape index (κ3) is 1.89. The lowest BCUT2D eigenvalue weighted by molar-refractivity contribution is 0.319. The van der Waals surface area contributed by atoms with E-state index in [4.69, 9.17) is 5.21 Å². The summed E-state index contributed by atoms with van der Waals surface area (Å²) in [4.78, 5) is 0. The zero-order valence-electron chi connectivity index (χ0n) is 8.55. The van der Waals surface area contributed by atoms with Gasteiger partial charge in [-0.25, -0.2) is 0 Å². The number of aryl methyl sites for hydroxylation is 3. The number of benzene rings is 1.